The molecule has 15 heteroatoms. The minimum Gasteiger partial charge on any atom is -0.261 e. The monoisotopic (exact) mass is 880 g/mol. The summed E-state index contributed by atoms with van der Waals surface area (Å²) in [6, 6.07) is 41.5. The van der Waals surface area contributed by atoms with Crippen molar-refractivity contribution >= 4 is 0 Å². The molecule has 9 aromatic rings. The molecule has 6 aromatic heterocycles. The van der Waals surface area contributed by atoms with Crippen molar-refractivity contribution in [3.8, 4) is 33.9 Å². The first-order chi connectivity index (χ1) is 31.2. The van der Waals surface area contributed by atoms with Crippen molar-refractivity contribution in [3.63, 3.8) is 0 Å². The van der Waals surface area contributed by atoms with Crippen LogP contribution in [-0.4, -0.2) is 49.8 Å². The van der Waals surface area contributed by atoms with Crippen LogP contribution in [0.5, 0.6) is 0 Å². The van der Waals surface area contributed by atoms with E-state index in [-0.39, 0.29) is 0 Å². The lowest BCUT2D eigenvalue weighted by Gasteiger charge is -1.99. The highest BCUT2D eigenvalue weighted by Crippen LogP contribution is 2.16. The van der Waals surface area contributed by atoms with Gasteiger partial charge in [-0.15, -0.1) is 0 Å². The standard InChI is InChI=1S/2C11H10N2.C10H9N3.2C6H5F2N.C6H6FN/c1-9-7-12-8-11(13-9)10-5-3-2-4-6-10;1-9-12-8-7-11(13-9)10-5-3-2-4-6-10;1-8-11-7-12-10(13-8)9-5-3-2-4-6-9;1-4-2-5(7)9-6(8)3-4;1-4-2-3-5(7)9-6(4)8;1-5-3-2-4-6(7)8-5/h2*2-8H,1H3;2-7H,1H3;2*2-3H,1H3;2-4H,1H3. The fraction of sp³-hybridized carbons (Fsp3) is 0.120. The number of hydrogen-bond donors (Lipinski definition) is 0. The van der Waals surface area contributed by atoms with Gasteiger partial charge in [0.1, 0.15) is 18.0 Å². The summed E-state index contributed by atoms with van der Waals surface area (Å²) in [7, 11) is 0. The molecular weight excluding hydrogens is 836 g/mol. The number of aromatic nitrogens is 10. The zero-order valence-electron chi connectivity index (χ0n) is 36.5. The summed E-state index contributed by atoms with van der Waals surface area (Å²) in [5.74, 6) is -1.19. The molecule has 0 saturated heterocycles. The molecule has 0 aliphatic rings. The van der Waals surface area contributed by atoms with Gasteiger partial charge in [-0.05, 0) is 83.5 Å². The molecule has 0 amide bonds. The molecule has 0 bridgehead atoms. The van der Waals surface area contributed by atoms with Gasteiger partial charge < -0.3 is 0 Å². The van der Waals surface area contributed by atoms with Crippen molar-refractivity contribution in [1.29, 1.82) is 0 Å². The average molecular weight is 881 g/mol. The molecule has 65 heavy (non-hydrogen) atoms. The van der Waals surface area contributed by atoms with E-state index >= 15 is 0 Å². The molecule has 0 radical (unpaired) electrons. The lowest BCUT2D eigenvalue weighted by molar-refractivity contribution is 0.507. The lowest BCUT2D eigenvalue weighted by Crippen LogP contribution is -1.93. The molecule has 0 spiro atoms. The number of rotatable bonds is 3. The Labute approximate surface area is 374 Å². The Morgan fingerprint density at radius 2 is 0.954 bits per heavy atom. The third kappa shape index (κ3) is 18.8. The summed E-state index contributed by atoms with van der Waals surface area (Å²) < 4.78 is 60.4. The van der Waals surface area contributed by atoms with Gasteiger partial charge in [-0.2, -0.15) is 31.9 Å². The average Bonchev–Trinajstić information content (AvgIpc) is 3.29. The van der Waals surface area contributed by atoms with E-state index in [0.29, 0.717) is 16.8 Å². The van der Waals surface area contributed by atoms with E-state index in [9.17, 15) is 22.0 Å². The highest BCUT2D eigenvalue weighted by atomic mass is 19.2. The maximum absolute atomic E-state index is 12.2. The van der Waals surface area contributed by atoms with Crippen LogP contribution in [-0.2, 0) is 0 Å². The summed E-state index contributed by atoms with van der Waals surface area (Å²) >= 11 is 0. The zero-order valence-corrected chi connectivity index (χ0v) is 36.5. The van der Waals surface area contributed by atoms with Crippen molar-refractivity contribution in [2.24, 2.45) is 0 Å². The maximum atomic E-state index is 12.2. The molecule has 0 aliphatic heterocycles. The Morgan fingerprint density at radius 1 is 0.385 bits per heavy atom. The highest BCUT2D eigenvalue weighted by molar-refractivity contribution is 5.58. The van der Waals surface area contributed by atoms with Gasteiger partial charge in [-0.1, -0.05) is 103 Å². The molecule has 10 nitrogen and oxygen atoms in total. The predicted molar refractivity (Wildman–Crippen MR) is 241 cm³/mol. The number of pyridine rings is 3. The lowest BCUT2D eigenvalue weighted by atomic mass is 10.1. The Kier molecular flexibility index (Phi) is 20.1. The van der Waals surface area contributed by atoms with Crippen LogP contribution in [0.4, 0.5) is 22.0 Å². The number of nitrogens with zero attached hydrogens (tertiary/aromatic N) is 10. The van der Waals surface area contributed by atoms with Crippen molar-refractivity contribution in [2.75, 3.05) is 0 Å². The molecule has 330 valence electrons. The maximum Gasteiger partial charge on any atom is 0.218 e. The van der Waals surface area contributed by atoms with Crippen molar-refractivity contribution in [1.82, 2.24) is 49.8 Å². The minimum absolute atomic E-state index is 0.358. The van der Waals surface area contributed by atoms with Crippen LogP contribution in [0.3, 0.4) is 0 Å². The third-order valence-electron chi connectivity index (χ3n) is 8.16. The van der Waals surface area contributed by atoms with E-state index in [0.717, 1.165) is 57.3 Å². The quantitative estimate of drug-likeness (QED) is 0.125. The van der Waals surface area contributed by atoms with Crippen LogP contribution >= 0.6 is 0 Å². The SMILES string of the molecule is Cc1cc(F)nc(F)c1.Cc1ccc(F)nc1F.Cc1cccc(F)n1.Cc1cncc(-c2ccccc2)n1.Cc1nccc(-c2ccccc2)n1.Cc1ncnc(-c2ccccc2)n1. The van der Waals surface area contributed by atoms with Crippen LogP contribution in [0.1, 0.15) is 34.2 Å². The van der Waals surface area contributed by atoms with E-state index in [1.165, 1.54) is 37.5 Å². The second-order valence-corrected chi connectivity index (χ2v) is 13.6. The molecule has 9 rings (SSSR count). The van der Waals surface area contributed by atoms with Crippen molar-refractivity contribution < 1.29 is 22.0 Å². The smallest absolute Gasteiger partial charge is 0.218 e. The van der Waals surface area contributed by atoms with E-state index in [1.54, 1.807) is 44.6 Å². The second kappa shape index (κ2) is 26.4. The number of halogens is 5. The summed E-state index contributed by atoms with van der Waals surface area (Å²) in [6.07, 6.45) is 6.85. The number of aryl methyl sites for hydroxylation is 6. The Morgan fingerprint density at radius 3 is 1.45 bits per heavy atom. The van der Waals surface area contributed by atoms with E-state index in [1.807, 2.05) is 118 Å². The van der Waals surface area contributed by atoms with E-state index in [2.05, 4.69) is 49.8 Å². The first-order valence-electron chi connectivity index (χ1n) is 19.8. The van der Waals surface area contributed by atoms with E-state index < -0.39 is 29.7 Å². The summed E-state index contributed by atoms with van der Waals surface area (Å²) in [4.78, 5) is 38.5. The molecule has 0 saturated carbocycles. The molecule has 3 aromatic carbocycles. The molecule has 0 N–H and O–H groups in total. The van der Waals surface area contributed by atoms with Gasteiger partial charge in [0.15, 0.2) is 5.82 Å². The van der Waals surface area contributed by atoms with Crippen LogP contribution in [0.15, 0.2) is 164 Å². The molecule has 0 unspecified atom stereocenters. The van der Waals surface area contributed by atoms with Crippen molar-refractivity contribution in [2.45, 2.75) is 41.5 Å². The Hall–Kier alpha value is -8.07. The minimum atomic E-state index is -0.780. The summed E-state index contributed by atoms with van der Waals surface area (Å²) in [6.45, 7) is 10.6. The summed E-state index contributed by atoms with van der Waals surface area (Å²) in [5.41, 5.74) is 7.73. The van der Waals surface area contributed by atoms with Crippen LogP contribution in [0, 0.1) is 71.3 Å². The molecule has 0 atom stereocenters. The van der Waals surface area contributed by atoms with Gasteiger partial charge in [0.05, 0.1) is 23.3 Å². The third-order valence-corrected chi connectivity index (χ3v) is 8.16. The molecule has 6 heterocycles. The zero-order chi connectivity index (χ0) is 47.0. The largest absolute Gasteiger partial charge is 0.261 e. The Bertz CT molecular complexity index is 2540. The van der Waals surface area contributed by atoms with Gasteiger partial charge in [0.25, 0.3) is 0 Å². The first-order valence-corrected chi connectivity index (χ1v) is 19.8. The van der Waals surface area contributed by atoms with Gasteiger partial charge in [0, 0.05) is 40.3 Å². The molecule has 0 fully saturated rings. The first kappa shape index (κ1) is 49.6. The topological polar surface area (TPSA) is 129 Å². The van der Waals surface area contributed by atoms with Gasteiger partial charge in [0.2, 0.25) is 29.7 Å². The highest BCUT2D eigenvalue weighted by Gasteiger charge is 2.01. The van der Waals surface area contributed by atoms with Gasteiger partial charge >= 0.3 is 0 Å². The Balaban J connectivity index is 0.000000173. The number of hydrogen-bond acceptors (Lipinski definition) is 10. The fourth-order valence-corrected chi connectivity index (χ4v) is 5.12. The van der Waals surface area contributed by atoms with Crippen LogP contribution < -0.4 is 0 Å². The number of benzene rings is 3. The normalized spacial score (nSPS) is 9.77. The fourth-order valence-electron chi connectivity index (χ4n) is 5.12. The van der Waals surface area contributed by atoms with Gasteiger partial charge in [-0.25, -0.2) is 34.9 Å². The van der Waals surface area contributed by atoms with Crippen LogP contribution in [0.2, 0.25) is 0 Å². The van der Waals surface area contributed by atoms with Crippen LogP contribution in [0.25, 0.3) is 33.9 Å². The van der Waals surface area contributed by atoms with Gasteiger partial charge in [-0.3, -0.25) is 4.98 Å². The second-order valence-electron chi connectivity index (χ2n) is 13.6. The predicted octanol–water partition coefficient (Wildman–Crippen LogP) is 11.6. The van der Waals surface area contributed by atoms with E-state index in [4.69, 9.17) is 0 Å². The molecule has 0 aliphatic carbocycles. The molecular formula is C50H45F5N10. The summed E-state index contributed by atoms with van der Waals surface area (Å²) in [5, 5.41) is 0. The van der Waals surface area contributed by atoms with Crippen molar-refractivity contribution in [3.05, 3.63) is 228 Å².